The van der Waals surface area contributed by atoms with Gasteiger partial charge in [-0.25, -0.2) is 4.68 Å². The van der Waals surface area contributed by atoms with E-state index in [1.165, 1.54) is 12.8 Å². The summed E-state index contributed by atoms with van der Waals surface area (Å²) in [6, 6.07) is 16.7. The molecule has 2 aromatic carbocycles. The molecule has 1 aliphatic heterocycles. The van der Waals surface area contributed by atoms with Gasteiger partial charge in [0.2, 0.25) is 0 Å². The van der Waals surface area contributed by atoms with E-state index in [9.17, 15) is 4.79 Å². The van der Waals surface area contributed by atoms with Crippen LogP contribution in [0.3, 0.4) is 0 Å². The molecule has 156 valence electrons. The normalized spacial score (nSPS) is 14.1. The maximum Gasteiger partial charge on any atom is 0.270 e. The topological polar surface area (TPSA) is 59.4 Å². The van der Waals surface area contributed by atoms with Crippen molar-refractivity contribution >= 4 is 17.5 Å². The molecule has 0 saturated carbocycles. The van der Waals surface area contributed by atoms with Gasteiger partial charge in [0, 0.05) is 23.7 Å². The van der Waals surface area contributed by atoms with E-state index in [0.29, 0.717) is 17.3 Å². The summed E-state index contributed by atoms with van der Waals surface area (Å²) in [4.78, 5) is 15.4. The Balaban J connectivity index is 1.59. The van der Waals surface area contributed by atoms with Crippen molar-refractivity contribution < 1.29 is 9.53 Å². The first-order chi connectivity index (χ1) is 14.6. The molecule has 1 aliphatic rings. The second-order valence-electron chi connectivity index (χ2n) is 7.34. The van der Waals surface area contributed by atoms with E-state index in [1.807, 2.05) is 42.5 Å². The summed E-state index contributed by atoms with van der Waals surface area (Å²) in [5, 5.41) is 8.38. The van der Waals surface area contributed by atoms with E-state index in [0.717, 1.165) is 42.3 Å². The molecule has 1 aromatic heterocycles. The van der Waals surface area contributed by atoms with Crippen molar-refractivity contribution in [1.82, 2.24) is 20.0 Å². The van der Waals surface area contributed by atoms with Gasteiger partial charge in [0.1, 0.15) is 11.4 Å². The first-order valence-electron chi connectivity index (χ1n) is 10.1. The zero-order valence-electron chi connectivity index (χ0n) is 17.0. The van der Waals surface area contributed by atoms with Crippen LogP contribution >= 0.6 is 11.6 Å². The molecule has 3 aromatic rings. The molecule has 0 aliphatic carbocycles. The van der Waals surface area contributed by atoms with Crippen LogP contribution in [0.15, 0.2) is 54.6 Å². The van der Waals surface area contributed by atoms with Crippen LogP contribution in [0.1, 0.15) is 23.3 Å². The minimum Gasteiger partial charge on any atom is -0.497 e. The van der Waals surface area contributed by atoms with Crippen LogP contribution in [0.2, 0.25) is 5.02 Å². The second-order valence-corrected chi connectivity index (χ2v) is 7.77. The van der Waals surface area contributed by atoms with E-state index in [-0.39, 0.29) is 5.91 Å². The highest BCUT2D eigenvalue weighted by Gasteiger charge is 2.18. The third-order valence-corrected chi connectivity index (χ3v) is 5.56. The zero-order chi connectivity index (χ0) is 20.9. The van der Waals surface area contributed by atoms with Gasteiger partial charge >= 0.3 is 0 Å². The number of carbonyl (C=O) groups excluding carboxylic acids is 1. The fourth-order valence-corrected chi connectivity index (χ4v) is 3.78. The Hall–Kier alpha value is -2.83. The van der Waals surface area contributed by atoms with Crippen LogP contribution in [-0.4, -0.2) is 53.9 Å². The number of aromatic nitrogens is 2. The number of halogens is 1. The number of ether oxygens (including phenoxy) is 1. The Morgan fingerprint density at radius 2 is 1.80 bits per heavy atom. The molecule has 0 bridgehead atoms. The van der Waals surface area contributed by atoms with Gasteiger partial charge in [0.05, 0.1) is 18.5 Å². The molecule has 0 atom stereocenters. The Labute approximate surface area is 181 Å². The predicted octanol–water partition coefficient (Wildman–Crippen LogP) is 4.03. The van der Waals surface area contributed by atoms with Gasteiger partial charge in [-0.1, -0.05) is 11.6 Å². The smallest absolute Gasteiger partial charge is 0.270 e. The number of nitrogens with zero attached hydrogens (tertiary/aromatic N) is 3. The molecular weight excluding hydrogens is 400 g/mol. The van der Waals surface area contributed by atoms with E-state index < -0.39 is 0 Å². The Kier molecular flexibility index (Phi) is 6.35. The summed E-state index contributed by atoms with van der Waals surface area (Å²) < 4.78 is 6.90. The number of carbonyl (C=O) groups is 1. The quantitative estimate of drug-likeness (QED) is 0.622. The Morgan fingerprint density at radius 1 is 1.10 bits per heavy atom. The number of hydrogen-bond donors (Lipinski definition) is 1. The van der Waals surface area contributed by atoms with Gasteiger partial charge < -0.3 is 15.0 Å². The lowest BCUT2D eigenvalue weighted by Crippen LogP contribution is -2.34. The number of benzene rings is 2. The third kappa shape index (κ3) is 4.66. The van der Waals surface area contributed by atoms with Crippen LogP contribution < -0.4 is 10.1 Å². The van der Waals surface area contributed by atoms with Crippen LogP contribution in [0.5, 0.6) is 5.75 Å². The van der Waals surface area contributed by atoms with Gasteiger partial charge in [0.15, 0.2) is 0 Å². The highest BCUT2D eigenvalue weighted by Crippen LogP contribution is 2.24. The summed E-state index contributed by atoms with van der Waals surface area (Å²) in [5.74, 6) is 0.632. The summed E-state index contributed by atoms with van der Waals surface area (Å²) in [7, 11) is 1.63. The molecule has 0 spiro atoms. The molecule has 6 nitrogen and oxygen atoms in total. The van der Waals surface area contributed by atoms with E-state index >= 15 is 0 Å². The molecule has 7 heteroatoms. The SMILES string of the molecule is COc1ccc(-c2cc(C(=O)NCCN3CCCC3)n(-c3ccc(Cl)cc3)n2)cc1. The maximum absolute atomic E-state index is 13.0. The van der Waals surface area contributed by atoms with Crippen molar-refractivity contribution in [2.45, 2.75) is 12.8 Å². The van der Waals surface area contributed by atoms with E-state index in [2.05, 4.69) is 10.2 Å². The number of hydrogen-bond acceptors (Lipinski definition) is 4. The number of amides is 1. The fraction of sp³-hybridized carbons (Fsp3) is 0.304. The van der Waals surface area contributed by atoms with Crippen molar-refractivity contribution in [3.8, 4) is 22.7 Å². The lowest BCUT2D eigenvalue weighted by Gasteiger charge is -2.15. The maximum atomic E-state index is 13.0. The highest BCUT2D eigenvalue weighted by molar-refractivity contribution is 6.30. The van der Waals surface area contributed by atoms with Crippen LogP contribution in [0.4, 0.5) is 0 Å². The molecule has 1 amide bonds. The highest BCUT2D eigenvalue weighted by atomic mass is 35.5. The first-order valence-corrected chi connectivity index (χ1v) is 10.5. The number of nitrogens with one attached hydrogen (secondary N) is 1. The summed E-state index contributed by atoms with van der Waals surface area (Å²) in [6.45, 7) is 3.70. The van der Waals surface area contributed by atoms with Gasteiger partial charge in [-0.05, 0) is 80.5 Å². The largest absolute Gasteiger partial charge is 0.497 e. The van der Waals surface area contributed by atoms with Crippen molar-refractivity contribution in [2.75, 3.05) is 33.3 Å². The minimum atomic E-state index is -0.142. The molecule has 0 radical (unpaired) electrons. The fourth-order valence-electron chi connectivity index (χ4n) is 3.65. The van der Waals surface area contributed by atoms with E-state index in [1.54, 1.807) is 23.9 Å². The van der Waals surface area contributed by atoms with Crippen molar-refractivity contribution in [2.24, 2.45) is 0 Å². The molecule has 1 saturated heterocycles. The number of likely N-dealkylation sites (tertiary alicyclic amines) is 1. The number of methoxy groups -OCH3 is 1. The van der Waals surface area contributed by atoms with E-state index in [4.69, 9.17) is 21.4 Å². The van der Waals surface area contributed by atoms with Crippen LogP contribution in [-0.2, 0) is 0 Å². The molecule has 2 heterocycles. The standard InChI is InChI=1S/C23H25ClN4O2/c1-30-20-10-4-17(5-11-20)21-16-22(23(29)25-12-15-27-13-2-3-14-27)28(26-21)19-8-6-18(24)7-9-19/h4-11,16H,2-3,12-15H2,1H3,(H,25,29). The summed E-state index contributed by atoms with van der Waals surface area (Å²) >= 11 is 6.04. The molecule has 30 heavy (non-hydrogen) atoms. The Bertz CT molecular complexity index is 993. The molecule has 1 fully saturated rings. The lowest BCUT2D eigenvalue weighted by molar-refractivity contribution is 0.0942. The first kappa shape index (κ1) is 20.4. The van der Waals surface area contributed by atoms with Gasteiger partial charge in [0.25, 0.3) is 5.91 Å². The summed E-state index contributed by atoms with van der Waals surface area (Å²) in [6.07, 6.45) is 2.48. The van der Waals surface area contributed by atoms with Gasteiger partial charge in [-0.15, -0.1) is 0 Å². The van der Waals surface area contributed by atoms with Gasteiger partial charge in [-0.2, -0.15) is 5.10 Å². The molecule has 4 rings (SSSR count). The average Bonchev–Trinajstić information content (AvgIpc) is 3.44. The molecule has 1 N–H and O–H groups in total. The third-order valence-electron chi connectivity index (χ3n) is 5.31. The zero-order valence-corrected chi connectivity index (χ0v) is 17.7. The summed E-state index contributed by atoms with van der Waals surface area (Å²) in [5.41, 5.74) is 2.90. The van der Waals surface area contributed by atoms with Crippen LogP contribution in [0, 0.1) is 0 Å². The van der Waals surface area contributed by atoms with Crippen LogP contribution in [0.25, 0.3) is 16.9 Å². The second kappa shape index (κ2) is 9.32. The number of rotatable bonds is 7. The van der Waals surface area contributed by atoms with Gasteiger partial charge in [-0.3, -0.25) is 4.79 Å². The Morgan fingerprint density at radius 3 is 2.47 bits per heavy atom. The molecule has 0 unspecified atom stereocenters. The predicted molar refractivity (Wildman–Crippen MR) is 119 cm³/mol. The monoisotopic (exact) mass is 424 g/mol. The van der Waals surface area contributed by atoms with Crippen molar-refractivity contribution in [3.05, 3.63) is 65.3 Å². The minimum absolute atomic E-state index is 0.142. The molecular formula is C23H25ClN4O2. The van der Waals surface area contributed by atoms with Crippen molar-refractivity contribution in [3.63, 3.8) is 0 Å². The average molecular weight is 425 g/mol. The van der Waals surface area contributed by atoms with Crippen molar-refractivity contribution in [1.29, 1.82) is 0 Å². The lowest BCUT2D eigenvalue weighted by atomic mass is 10.1.